The van der Waals surface area contributed by atoms with Crippen LogP contribution in [0, 0.1) is 0 Å². The third kappa shape index (κ3) is 7.29. The number of hydrogen-bond acceptors (Lipinski definition) is 5. The molecule has 0 atom stereocenters. The molecular weight excluding hydrogens is 529 g/mol. The fraction of sp³-hybridized carbons (Fsp3) is 0.241. The van der Waals surface area contributed by atoms with Gasteiger partial charge in [-0.25, -0.2) is 0 Å². The first-order valence-corrected chi connectivity index (χ1v) is 13.2. The van der Waals surface area contributed by atoms with Gasteiger partial charge in [0.25, 0.3) is 11.5 Å². The van der Waals surface area contributed by atoms with Crippen LogP contribution >= 0.6 is 11.3 Å². The molecule has 39 heavy (non-hydrogen) atoms. The van der Waals surface area contributed by atoms with Crippen molar-refractivity contribution in [3.05, 3.63) is 87.5 Å². The SMILES string of the molecule is CCCCOc1ccc(-c2cc(-c3ccc(CC)s3)c(C(=O)Nc3ccc(OC(F)(F)F)cc3)c(=O)[nH]2)cc1. The summed E-state index contributed by atoms with van der Waals surface area (Å²) in [5.41, 5.74) is 1.26. The molecule has 0 saturated heterocycles. The van der Waals surface area contributed by atoms with E-state index in [1.165, 1.54) is 23.5 Å². The van der Waals surface area contributed by atoms with Crippen molar-refractivity contribution >= 4 is 22.9 Å². The number of alkyl halides is 3. The van der Waals surface area contributed by atoms with Crippen LogP contribution in [0.4, 0.5) is 18.9 Å². The molecule has 6 nitrogen and oxygen atoms in total. The highest BCUT2D eigenvalue weighted by Gasteiger charge is 2.31. The van der Waals surface area contributed by atoms with Crippen molar-refractivity contribution in [3.8, 4) is 33.2 Å². The molecule has 0 radical (unpaired) electrons. The summed E-state index contributed by atoms with van der Waals surface area (Å²) in [5, 5.41) is 2.60. The summed E-state index contributed by atoms with van der Waals surface area (Å²) in [4.78, 5) is 31.2. The Kier molecular flexibility index (Phi) is 8.75. The molecule has 0 spiro atoms. The Morgan fingerprint density at radius 3 is 2.28 bits per heavy atom. The maximum atomic E-state index is 13.3. The van der Waals surface area contributed by atoms with E-state index in [9.17, 15) is 22.8 Å². The zero-order chi connectivity index (χ0) is 28.0. The maximum Gasteiger partial charge on any atom is 0.573 e. The van der Waals surface area contributed by atoms with Crippen molar-refractivity contribution in [2.75, 3.05) is 11.9 Å². The lowest BCUT2D eigenvalue weighted by Gasteiger charge is -2.13. The third-order valence-electron chi connectivity index (χ3n) is 5.81. The molecule has 0 saturated carbocycles. The number of H-pyrrole nitrogens is 1. The Morgan fingerprint density at radius 1 is 0.974 bits per heavy atom. The minimum atomic E-state index is -4.82. The molecule has 0 unspecified atom stereocenters. The molecule has 10 heteroatoms. The van der Waals surface area contributed by atoms with E-state index in [2.05, 4.69) is 22.0 Å². The molecule has 0 aliphatic heterocycles. The summed E-state index contributed by atoms with van der Waals surface area (Å²) in [6, 6.07) is 17.6. The van der Waals surface area contributed by atoms with Gasteiger partial charge in [0, 0.05) is 26.7 Å². The Hall–Kier alpha value is -4.05. The number of nitrogens with one attached hydrogen (secondary N) is 2. The predicted octanol–water partition coefficient (Wildman–Crippen LogP) is 7.66. The van der Waals surface area contributed by atoms with Crippen molar-refractivity contribution in [3.63, 3.8) is 0 Å². The topological polar surface area (TPSA) is 80.4 Å². The largest absolute Gasteiger partial charge is 0.573 e. The molecule has 1 amide bonds. The Labute approximate surface area is 227 Å². The summed E-state index contributed by atoms with van der Waals surface area (Å²) in [6.45, 7) is 4.73. The number of carbonyl (C=O) groups is 1. The van der Waals surface area contributed by atoms with Gasteiger partial charge in [0.1, 0.15) is 17.1 Å². The molecule has 4 aromatic rings. The van der Waals surface area contributed by atoms with Crippen molar-refractivity contribution in [1.29, 1.82) is 0 Å². The fourth-order valence-electron chi connectivity index (χ4n) is 3.85. The van der Waals surface area contributed by atoms with Crippen LogP contribution < -0.4 is 20.3 Å². The highest BCUT2D eigenvalue weighted by atomic mass is 32.1. The lowest BCUT2D eigenvalue weighted by molar-refractivity contribution is -0.274. The van der Waals surface area contributed by atoms with Gasteiger partial charge in [0.2, 0.25) is 0 Å². The number of aromatic amines is 1. The molecular formula is C29H27F3N2O4S. The molecule has 0 fully saturated rings. The van der Waals surface area contributed by atoms with Gasteiger partial charge in [0.15, 0.2) is 0 Å². The lowest BCUT2D eigenvalue weighted by atomic mass is 10.0. The van der Waals surface area contributed by atoms with Gasteiger partial charge < -0.3 is 19.8 Å². The number of aryl methyl sites for hydroxylation is 1. The van der Waals surface area contributed by atoms with Gasteiger partial charge in [-0.2, -0.15) is 0 Å². The predicted molar refractivity (Wildman–Crippen MR) is 147 cm³/mol. The number of aromatic nitrogens is 1. The number of ether oxygens (including phenoxy) is 2. The first-order valence-electron chi connectivity index (χ1n) is 12.4. The minimum Gasteiger partial charge on any atom is -0.494 e. The van der Waals surface area contributed by atoms with Crippen molar-refractivity contribution < 1.29 is 27.4 Å². The minimum absolute atomic E-state index is 0.0987. The maximum absolute atomic E-state index is 13.3. The second-order valence-corrected chi connectivity index (χ2v) is 9.84. The first-order chi connectivity index (χ1) is 18.7. The molecule has 0 bridgehead atoms. The number of pyridine rings is 1. The van der Waals surface area contributed by atoms with Crippen LogP contribution in [0.1, 0.15) is 41.9 Å². The van der Waals surface area contributed by atoms with E-state index in [1.54, 1.807) is 6.07 Å². The number of thiophene rings is 1. The van der Waals surface area contributed by atoms with Crippen molar-refractivity contribution in [1.82, 2.24) is 4.98 Å². The van der Waals surface area contributed by atoms with Crippen LogP contribution in [0.25, 0.3) is 21.7 Å². The highest BCUT2D eigenvalue weighted by molar-refractivity contribution is 7.15. The number of halogens is 3. The third-order valence-corrected chi connectivity index (χ3v) is 7.08. The van der Waals surface area contributed by atoms with E-state index in [1.807, 2.05) is 43.3 Å². The quantitative estimate of drug-likeness (QED) is 0.197. The second kappa shape index (κ2) is 12.2. The molecule has 204 valence electrons. The zero-order valence-corrected chi connectivity index (χ0v) is 22.2. The van der Waals surface area contributed by atoms with Crippen LogP contribution in [0.2, 0.25) is 0 Å². The van der Waals surface area contributed by atoms with Crippen molar-refractivity contribution in [2.24, 2.45) is 0 Å². The number of carbonyl (C=O) groups excluding carboxylic acids is 1. The molecule has 2 N–H and O–H groups in total. The molecule has 0 aliphatic rings. The molecule has 0 aliphatic carbocycles. The Morgan fingerprint density at radius 2 is 1.67 bits per heavy atom. The van der Waals surface area contributed by atoms with Gasteiger partial charge in [-0.1, -0.05) is 20.3 Å². The molecule has 2 aromatic carbocycles. The summed E-state index contributed by atoms with van der Waals surface area (Å²) in [7, 11) is 0. The van der Waals surface area contributed by atoms with Crippen LogP contribution in [0.15, 0.2) is 71.5 Å². The van der Waals surface area contributed by atoms with Crippen LogP contribution in [-0.4, -0.2) is 23.9 Å². The number of hydrogen-bond donors (Lipinski definition) is 2. The van der Waals surface area contributed by atoms with Crippen LogP contribution in [-0.2, 0) is 6.42 Å². The average molecular weight is 557 g/mol. The van der Waals surface area contributed by atoms with Crippen LogP contribution in [0.3, 0.4) is 0 Å². The van der Waals surface area contributed by atoms with Gasteiger partial charge in [-0.15, -0.1) is 24.5 Å². The van der Waals surface area contributed by atoms with Crippen LogP contribution in [0.5, 0.6) is 11.5 Å². The van der Waals surface area contributed by atoms with Gasteiger partial charge in [-0.3, -0.25) is 9.59 Å². The van der Waals surface area contributed by atoms with Crippen molar-refractivity contribution in [2.45, 2.75) is 39.5 Å². The number of rotatable bonds is 10. The number of benzene rings is 2. The van der Waals surface area contributed by atoms with Gasteiger partial charge in [0.05, 0.1) is 6.61 Å². The van der Waals surface area contributed by atoms with Gasteiger partial charge >= 0.3 is 6.36 Å². The summed E-state index contributed by atoms with van der Waals surface area (Å²) in [6.07, 6.45) is -2.04. The normalized spacial score (nSPS) is 11.3. The van der Waals surface area contributed by atoms with Gasteiger partial charge in [-0.05, 0) is 85.1 Å². The highest BCUT2D eigenvalue weighted by Crippen LogP contribution is 2.33. The molecule has 4 rings (SSSR count). The first kappa shape index (κ1) is 28.0. The molecule has 2 heterocycles. The lowest BCUT2D eigenvalue weighted by Crippen LogP contribution is -2.24. The zero-order valence-electron chi connectivity index (χ0n) is 21.4. The van der Waals surface area contributed by atoms with E-state index >= 15 is 0 Å². The van der Waals surface area contributed by atoms with E-state index in [0.29, 0.717) is 17.9 Å². The number of amides is 1. The van der Waals surface area contributed by atoms with E-state index in [0.717, 1.165) is 52.5 Å². The summed E-state index contributed by atoms with van der Waals surface area (Å²) >= 11 is 1.48. The number of unbranched alkanes of at least 4 members (excludes halogenated alkanes) is 1. The Balaban J connectivity index is 1.66. The standard InChI is InChI=1S/C29H27F3N2O4S/c1-3-5-16-37-20-10-6-18(7-11-20)24-17-23(25-15-14-22(4-2)39-25)26(28(36)34-24)27(35)33-19-8-12-21(13-9-19)38-29(30,31)32/h6-15,17H,3-5,16H2,1-2H3,(H,33,35)(H,34,36). The average Bonchev–Trinajstić information content (AvgIpc) is 3.38. The summed E-state index contributed by atoms with van der Waals surface area (Å²) < 4.78 is 46.9. The van der Waals surface area contributed by atoms with E-state index in [-0.39, 0.29) is 11.3 Å². The monoisotopic (exact) mass is 556 g/mol. The fourth-order valence-corrected chi connectivity index (χ4v) is 4.82. The van der Waals surface area contributed by atoms with E-state index in [4.69, 9.17) is 4.74 Å². The smallest absolute Gasteiger partial charge is 0.494 e. The molecule has 2 aromatic heterocycles. The summed E-state index contributed by atoms with van der Waals surface area (Å²) in [5.74, 6) is -0.382. The Bertz CT molecular complexity index is 1480. The number of anilines is 1. The second-order valence-electron chi connectivity index (χ2n) is 8.67. The van der Waals surface area contributed by atoms with E-state index < -0.39 is 23.6 Å².